The second-order valence-electron chi connectivity index (χ2n) is 4.58. The molecule has 1 atom stereocenters. The molecule has 2 heterocycles. The molecule has 2 aliphatic heterocycles. The normalized spacial score (nSPS) is 27.0. The Bertz CT molecular complexity index is 510. The molecule has 3 nitrogen and oxygen atoms in total. The van der Waals surface area contributed by atoms with E-state index in [1.807, 2.05) is 24.3 Å². The molecule has 0 radical (unpaired) electrons. The number of fused-ring (bicyclic) bond motifs is 3. The first-order valence-corrected chi connectivity index (χ1v) is 7.39. The van der Waals surface area contributed by atoms with Crippen LogP contribution in [-0.4, -0.2) is 20.2 Å². The highest BCUT2D eigenvalue weighted by atomic mass is 32.2. The highest BCUT2D eigenvalue weighted by Crippen LogP contribution is 2.37. The van der Waals surface area contributed by atoms with Crippen LogP contribution in [-0.2, 0) is 16.4 Å². The maximum Gasteiger partial charge on any atom is 0.235 e. The van der Waals surface area contributed by atoms with Gasteiger partial charge in [0.1, 0.15) is 0 Å². The summed E-state index contributed by atoms with van der Waals surface area (Å²) in [5, 5.41) is 0. The molecule has 1 saturated heterocycles. The van der Waals surface area contributed by atoms with Crippen molar-refractivity contribution < 1.29 is 8.42 Å². The Hall–Kier alpha value is -1.03. The van der Waals surface area contributed by atoms with E-state index in [1.54, 1.807) is 4.31 Å². The Morgan fingerprint density at radius 3 is 2.88 bits per heavy atom. The number of hydrogen-bond donors (Lipinski definition) is 0. The number of benzene rings is 1. The summed E-state index contributed by atoms with van der Waals surface area (Å²) in [5.74, 6) is 0.303. The second-order valence-corrected chi connectivity index (χ2v) is 6.54. The third-order valence-corrected chi connectivity index (χ3v) is 5.45. The lowest BCUT2D eigenvalue weighted by molar-refractivity contribution is 0.495. The van der Waals surface area contributed by atoms with Crippen LogP contribution >= 0.6 is 0 Å². The van der Waals surface area contributed by atoms with Gasteiger partial charge in [0.05, 0.1) is 11.4 Å². The number of aryl methyl sites for hydroxylation is 1. The van der Waals surface area contributed by atoms with Gasteiger partial charge in [0.2, 0.25) is 10.0 Å². The lowest BCUT2D eigenvalue weighted by Crippen LogP contribution is -2.48. The SMILES string of the molecule is O=S1(=O)CCCC2CCc3ccccc3N21. The minimum absolute atomic E-state index is 0.202. The first kappa shape index (κ1) is 10.1. The molecule has 0 amide bonds. The zero-order chi connectivity index (χ0) is 11.2. The molecule has 1 fully saturated rings. The number of hydrogen-bond acceptors (Lipinski definition) is 2. The molecule has 1 aromatic rings. The lowest BCUT2D eigenvalue weighted by Gasteiger charge is -2.40. The first-order valence-electron chi connectivity index (χ1n) is 5.78. The summed E-state index contributed by atoms with van der Waals surface area (Å²) in [6.45, 7) is 0. The quantitative estimate of drug-likeness (QED) is 0.691. The predicted octanol–water partition coefficient (Wildman–Crippen LogP) is 1.93. The van der Waals surface area contributed by atoms with E-state index in [0.717, 1.165) is 31.4 Å². The van der Waals surface area contributed by atoms with Crippen LogP contribution in [0.4, 0.5) is 5.69 Å². The second kappa shape index (κ2) is 3.48. The molecule has 86 valence electrons. The van der Waals surface area contributed by atoms with Crippen LogP contribution in [0, 0.1) is 0 Å². The van der Waals surface area contributed by atoms with Crippen molar-refractivity contribution >= 4 is 15.7 Å². The monoisotopic (exact) mass is 237 g/mol. The summed E-state index contributed by atoms with van der Waals surface area (Å²) in [7, 11) is -3.06. The van der Waals surface area contributed by atoms with E-state index in [0.29, 0.717) is 5.75 Å². The maximum atomic E-state index is 12.1. The molecule has 1 aromatic carbocycles. The van der Waals surface area contributed by atoms with E-state index in [1.165, 1.54) is 5.56 Å². The fraction of sp³-hybridized carbons (Fsp3) is 0.500. The van der Waals surface area contributed by atoms with Gasteiger partial charge in [0.15, 0.2) is 0 Å². The molecular weight excluding hydrogens is 222 g/mol. The molecule has 0 aromatic heterocycles. The smallest absolute Gasteiger partial charge is 0.235 e. The van der Waals surface area contributed by atoms with Crippen LogP contribution in [0.3, 0.4) is 0 Å². The van der Waals surface area contributed by atoms with E-state index < -0.39 is 10.0 Å². The molecule has 3 rings (SSSR count). The van der Waals surface area contributed by atoms with Crippen molar-refractivity contribution in [3.63, 3.8) is 0 Å². The molecule has 4 heteroatoms. The van der Waals surface area contributed by atoms with E-state index >= 15 is 0 Å². The average Bonchev–Trinajstić information content (AvgIpc) is 2.28. The molecule has 1 unspecified atom stereocenters. The molecule has 16 heavy (non-hydrogen) atoms. The summed E-state index contributed by atoms with van der Waals surface area (Å²) < 4.78 is 25.9. The first-order chi connectivity index (χ1) is 7.68. The third-order valence-electron chi connectivity index (χ3n) is 3.55. The largest absolute Gasteiger partial charge is 0.267 e. The summed E-state index contributed by atoms with van der Waals surface area (Å²) >= 11 is 0. The van der Waals surface area contributed by atoms with Crippen LogP contribution in [0.25, 0.3) is 0 Å². The van der Waals surface area contributed by atoms with Crippen molar-refractivity contribution in [3.05, 3.63) is 29.8 Å². The van der Waals surface area contributed by atoms with Crippen molar-refractivity contribution in [2.75, 3.05) is 10.1 Å². The van der Waals surface area contributed by atoms with Crippen molar-refractivity contribution in [1.82, 2.24) is 0 Å². The van der Waals surface area contributed by atoms with E-state index in [4.69, 9.17) is 0 Å². The van der Waals surface area contributed by atoms with Gasteiger partial charge in [0.25, 0.3) is 0 Å². The van der Waals surface area contributed by atoms with Gasteiger partial charge in [-0.2, -0.15) is 0 Å². The van der Waals surface area contributed by atoms with Crippen molar-refractivity contribution in [2.45, 2.75) is 31.7 Å². The molecule has 2 aliphatic rings. The summed E-state index contributed by atoms with van der Waals surface area (Å²) in [4.78, 5) is 0. The Morgan fingerprint density at radius 1 is 1.19 bits per heavy atom. The molecule has 0 spiro atoms. The number of para-hydroxylation sites is 1. The van der Waals surface area contributed by atoms with Gasteiger partial charge in [-0.15, -0.1) is 0 Å². The van der Waals surface area contributed by atoms with Crippen molar-refractivity contribution in [1.29, 1.82) is 0 Å². The number of anilines is 1. The minimum Gasteiger partial charge on any atom is -0.267 e. The van der Waals surface area contributed by atoms with E-state index in [-0.39, 0.29) is 6.04 Å². The minimum atomic E-state index is -3.06. The summed E-state index contributed by atoms with van der Waals surface area (Å²) in [6.07, 6.45) is 3.79. The molecular formula is C12H15NO2S. The number of nitrogens with zero attached hydrogens (tertiary/aromatic N) is 1. The van der Waals surface area contributed by atoms with Crippen LogP contribution in [0.1, 0.15) is 24.8 Å². The standard InChI is InChI=1S/C12H15NO2S/c14-16(15)9-3-5-11-8-7-10-4-1-2-6-12(10)13(11)16/h1-2,4,6,11H,3,5,7-9H2. The van der Waals surface area contributed by atoms with Crippen LogP contribution in [0.5, 0.6) is 0 Å². The lowest BCUT2D eigenvalue weighted by atomic mass is 9.95. The van der Waals surface area contributed by atoms with Gasteiger partial charge in [-0.1, -0.05) is 18.2 Å². The third kappa shape index (κ3) is 1.44. The van der Waals surface area contributed by atoms with Crippen LogP contribution in [0.15, 0.2) is 24.3 Å². The number of sulfonamides is 1. The molecule has 0 aliphatic carbocycles. The summed E-state index contributed by atoms with van der Waals surface area (Å²) in [5.41, 5.74) is 2.09. The maximum absolute atomic E-state index is 12.1. The van der Waals surface area contributed by atoms with E-state index in [2.05, 4.69) is 0 Å². The Kier molecular flexibility index (Phi) is 2.21. The highest BCUT2D eigenvalue weighted by Gasteiger charge is 2.37. The fourth-order valence-electron chi connectivity index (χ4n) is 2.81. The van der Waals surface area contributed by atoms with Gasteiger partial charge >= 0.3 is 0 Å². The van der Waals surface area contributed by atoms with Gasteiger partial charge < -0.3 is 0 Å². The fourth-order valence-corrected chi connectivity index (χ4v) is 4.68. The van der Waals surface area contributed by atoms with Gasteiger partial charge in [-0.3, -0.25) is 4.31 Å². The number of rotatable bonds is 0. The zero-order valence-corrected chi connectivity index (χ0v) is 9.91. The van der Waals surface area contributed by atoms with Crippen LogP contribution in [0.2, 0.25) is 0 Å². The van der Waals surface area contributed by atoms with Crippen molar-refractivity contribution in [2.24, 2.45) is 0 Å². The topological polar surface area (TPSA) is 37.4 Å². The van der Waals surface area contributed by atoms with E-state index in [9.17, 15) is 8.42 Å². The predicted molar refractivity (Wildman–Crippen MR) is 64.1 cm³/mol. The van der Waals surface area contributed by atoms with Gasteiger partial charge in [-0.05, 0) is 37.3 Å². The Labute approximate surface area is 96.1 Å². The van der Waals surface area contributed by atoms with Gasteiger partial charge in [0, 0.05) is 6.04 Å². The molecule has 0 N–H and O–H groups in total. The highest BCUT2D eigenvalue weighted by molar-refractivity contribution is 7.92. The van der Waals surface area contributed by atoms with Crippen molar-refractivity contribution in [3.8, 4) is 0 Å². The van der Waals surface area contributed by atoms with Crippen LogP contribution < -0.4 is 4.31 Å². The Morgan fingerprint density at radius 2 is 2.00 bits per heavy atom. The summed E-state index contributed by atoms with van der Waals surface area (Å²) in [6, 6.07) is 8.08. The van der Waals surface area contributed by atoms with Gasteiger partial charge in [-0.25, -0.2) is 8.42 Å². The Balaban J connectivity index is 2.14. The molecule has 0 saturated carbocycles. The molecule has 0 bridgehead atoms. The zero-order valence-electron chi connectivity index (χ0n) is 9.09. The average molecular weight is 237 g/mol.